The summed E-state index contributed by atoms with van der Waals surface area (Å²) in [5.41, 5.74) is 5.35. The molecule has 0 aromatic heterocycles. The number of cyclic esters (lactones) is 1. The molecule has 0 aliphatic carbocycles. The maximum atomic E-state index is 10.8. The SMILES string of the molecule is Cc1ccc(NN=C2COC(=O)C2)cc1Cl. The van der Waals surface area contributed by atoms with Gasteiger partial charge in [-0.05, 0) is 24.6 Å². The molecule has 0 saturated carbocycles. The highest BCUT2D eigenvalue weighted by Crippen LogP contribution is 2.20. The highest BCUT2D eigenvalue weighted by molar-refractivity contribution is 6.31. The normalized spacial score (nSPS) is 17.6. The molecule has 1 fully saturated rings. The molecule has 1 heterocycles. The number of hydrazone groups is 1. The Hall–Kier alpha value is -1.55. The molecular formula is C11H11ClN2O2. The molecule has 1 aliphatic heterocycles. The predicted octanol–water partition coefficient (Wildman–Crippen LogP) is 2.36. The lowest BCUT2D eigenvalue weighted by atomic mass is 10.2. The third kappa shape index (κ3) is 2.52. The van der Waals surface area contributed by atoms with Gasteiger partial charge in [-0.25, -0.2) is 0 Å². The van der Waals surface area contributed by atoms with Crippen LogP contribution in [-0.4, -0.2) is 18.3 Å². The fourth-order valence-electron chi connectivity index (χ4n) is 1.31. The number of ether oxygens (including phenoxy) is 1. The van der Waals surface area contributed by atoms with Gasteiger partial charge in [0.25, 0.3) is 0 Å². The zero-order valence-corrected chi connectivity index (χ0v) is 9.54. The molecule has 0 amide bonds. The summed E-state index contributed by atoms with van der Waals surface area (Å²) in [5, 5.41) is 4.76. The summed E-state index contributed by atoms with van der Waals surface area (Å²) in [7, 11) is 0. The predicted molar refractivity (Wildman–Crippen MR) is 62.8 cm³/mol. The van der Waals surface area contributed by atoms with Crippen LogP contribution in [0.5, 0.6) is 0 Å². The van der Waals surface area contributed by atoms with E-state index >= 15 is 0 Å². The first-order chi connectivity index (χ1) is 7.65. The molecule has 0 spiro atoms. The zero-order chi connectivity index (χ0) is 11.5. The average molecular weight is 239 g/mol. The number of carbonyl (C=O) groups excluding carboxylic acids is 1. The Morgan fingerprint density at radius 1 is 1.50 bits per heavy atom. The van der Waals surface area contributed by atoms with E-state index in [4.69, 9.17) is 16.3 Å². The minimum absolute atomic E-state index is 0.234. The third-order valence-electron chi connectivity index (χ3n) is 2.26. The summed E-state index contributed by atoms with van der Waals surface area (Å²) >= 11 is 5.97. The van der Waals surface area contributed by atoms with Crippen molar-refractivity contribution in [3.05, 3.63) is 28.8 Å². The average Bonchev–Trinajstić information content (AvgIpc) is 2.66. The summed E-state index contributed by atoms with van der Waals surface area (Å²) in [6.45, 7) is 2.20. The number of hydrogen-bond acceptors (Lipinski definition) is 4. The van der Waals surface area contributed by atoms with Crippen LogP contribution < -0.4 is 5.43 Å². The highest BCUT2D eigenvalue weighted by Gasteiger charge is 2.18. The van der Waals surface area contributed by atoms with Crippen LogP contribution in [0.4, 0.5) is 5.69 Å². The molecule has 0 atom stereocenters. The van der Waals surface area contributed by atoms with Gasteiger partial charge in [-0.2, -0.15) is 5.10 Å². The molecule has 5 heteroatoms. The maximum absolute atomic E-state index is 10.8. The van der Waals surface area contributed by atoms with E-state index in [1.165, 1.54) is 0 Å². The minimum atomic E-state index is -0.234. The second-order valence-electron chi connectivity index (χ2n) is 3.59. The summed E-state index contributed by atoms with van der Waals surface area (Å²) in [4.78, 5) is 10.8. The van der Waals surface area contributed by atoms with Crippen LogP contribution in [0.3, 0.4) is 0 Å². The number of benzene rings is 1. The molecule has 2 rings (SSSR count). The van der Waals surface area contributed by atoms with Gasteiger partial charge >= 0.3 is 5.97 Å². The first-order valence-corrected chi connectivity index (χ1v) is 5.26. The Kier molecular flexibility index (Phi) is 3.10. The minimum Gasteiger partial charge on any atom is -0.459 e. The summed E-state index contributed by atoms with van der Waals surface area (Å²) in [5.74, 6) is -0.234. The first kappa shape index (κ1) is 11.0. The quantitative estimate of drug-likeness (QED) is 0.636. The van der Waals surface area contributed by atoms with E-state index < -0.39 is 0 Å². The van der Waals surface area contributed by atoms with Crippen molar-refractivity contribution in [2.45, 2.75) is 13.3 Å². The number of aryl methyl sites for hydroxylation is 1. The maximum Gasteiger partial charge on any atom is 0.312 e. The van der Waals surface area contributed by atoms with Crippen molar-refractivity contribution in [1.82, 2.24) is 0 Å². The molecule has 1 aromatic rings. The number of rotatable bonds is 2. The first-order valence-electron chi connectivity index (χ1n) is 4.88. The van der Waals surface area contributed by atoms with E-state index in [9.17, 15) is 4.79 Å². The molecule has 1 N–H and O–H groups in total. The standard InChI is InChI=1S/C11H11ClN2O2/c1-7-2-3-8(4-10(7)12)13-14-9-5-11(15)16-6-9/h2-4,13H,5-6H2,1H3. The van der Waals surface area contributed by atoms with Crippen LogP contribution in [0.15, 0.2) is 23.3 Å². The molecule has 1 saturated heterocycles. The number of esters is 1. The molecule has 1 aliphatic rings. The fraction of sp³-hybridized carbons (Fsp3) is 0.273. The van der Waals surface area contributed by atoms with Gasteiger partial charge in [-0.1, -0.05) is 17.7 Å². The molecule has 84 valence electrons. The van der Waals surface area contributed by atoms with Crippen LogP contribution in [0.25, 0.3) is 0 Å². The third-order valence-corrected chi connectivity index (χ3v) is 2.67. The number of nitrogens with one attached hydrogen (secondary N) is 1. The van der Waals surface area contributed by atoms with Crippen molar-refractivity contribution in [1.29, 1.82) is 0 Å². The molecule has 0 radical (unpaired) electrons. The van der Waals surface area contributed by atoms with Gasteiger partial charge in [0, 0.05) is 5.02 Å². The topological polar surface area (TPSA) is 50.7 Å². The second-order valence-corrected chi connectivity index (χ2v) is 4.00. The van der Waals surface area contributed by atoms with Crippen molar-refractivity contribution in [2.24, 2.45) is 5.10 Å². The summed E-state index contributed by atoms with van der Waals surface area (Å²) in [6, 6.07) is 5.57. The largest absolute Gasteiger partial charge is 0.459 e. The van der Waals surface area contributed by atoms with Gasteiger partial charge in [0.2, 0.25) is 0 Å². The van der Waals surface area contributed by atoms with E-state index in [-0.39, 0.29) is 19.0 Å². The van der Waals surface area contributed by atoms with Crippen LogP contribution >= 0.6 is 11.6 Å². The Bertz CT molecular complexity index is 457. The van der Waals surface area contributed by atoms with Crippen LogP contribution in [-0.2, 0) is 9.53 Å². The number of hydrogen-bond donors (Lipinski definition) is 1. The number of nitrogens with zero attached hydrogens (tertiary/aromatic N) is 1. The Morgan fingerprint density at radius 3 is 2.94 bits per heavy atom. The van der Waals surface area contributed by atoms with Gasteiger partial charge in [0.15, 0.2) is 0 Å². The summed E-state index contributed by atoms with van der Waals surface area (Å²) in [6.07, 6.45) is 0.257. The molecule has 0 bridgehead atoms. The lowest BCUT2D eigenvalue weighted by Gasteiger charge is -2.03. The van der Waals surface area contributed by atoms with Gasteiger partial charge < -0.3 is 4.74 Å². The van der Waals surface area contributed by atoms with E-state index in [1.807, 2.05) is 19.1 Å². The molecule has 0 unspecified atom stereocenters. The van der Waals surface area contributed by atoms with Crippen LogP contribution in [0, 0.1) is 6.92 Å². The molecule has 1 aromatic carbocycles. The monoisotopic (exact) mass is 238 g/mol. The Labute approximate surface area is 98.2 Å². The lowest BCUT2D eigenvalue weighted by Crippen LogP contribution is -2.01. The van der Waals surface area contributed by atoms with Gasteiger partial charge in [-0.3, -0.25) is 10.2 Å². The van der Waals surface area contributed by atoms with E-state index in [0.717, 1.165) is 11.3 Å². The van der Waals surface area contributed by atoms with Crippen molar-refractivity contribution < 1.29 is 9.53 Å². The number of halogens is 1. The van der Waals surface area contributed by atoms with Gasteiger partial charge in [-0.15, -0.1) is 0 Å². The number of anilines is 1. The van der Waals surface area contributed by atoms with Crippen LogP contribution in [0.1, 0.15) is 12.0 Å². The fourth-order valence-corrected chi connectivity index (χ4v) is 1.49. The smallest absolute Gasteiger partial charge is 0.312 e. The zero-order valence-electron chi connectivity index (χ0n) is 8.79. The second kappa shape index (κ2) is 4.53. The van der Waals surface area contributed by atoms with E-state index in [0.29, 0.717) is 10.7 Å². The summed E-state index contributed by atoms with van der Waals surface area (Å²) < 4.78 is 4.76. The molecular weight excluding hydrogens is 228 g/mol. The lowest BCUT2D eigenvalue weighted by molar-refractivity contribution is -0.137. The van der Waals surface area contributed by atoms with Gasteiger partial charge in [0.1, 0.15) is 6.61 Å². The van der Waals surface area contributed by atoms with Crippen LogP contribution in [0.2, 0.25) is 5.02 Å². The van der Waals surface area contributed by atoms with E-state index in [2.05, 4.69) is 10.5 Å². The Balaban J connectivity index is 2.04. The number of carbonyl (C=O) groups is 1. The van der Waals surface area contributed by atoms with Gasteiger partial charge in [0.05, 0.1) is 17.8 Å². The van der Waals surface area contributed by atoms with Crippen molar-refractivity contribution >= 4 is 29.0 Å². The van der Waals surface area contributed by atoms with E-state index in [1.54, 1.807) is 6.07 Å². The van der Waals surface area contributed by atoms with Crippen molar-refractivity contribution in [3.63, 3.8) is 0 Å². The molecule has 16 heavy (non-hydrogen) atoms. The highest BCUT2D eigenvalue weighted by atomic mass is 35.5. The molecule has 4 nitrogen and oxygen atoms in total. The van der Waals surface area contributed by atoms with Crippen molar-refractivity contribution in [3.8, 4) is 0 Å². The van der Waals surface area contributed by atoms with Crippen molar-refractivity contribution in [2.75, 3.05) is 12.0 Å². The Morgan fingerprint density at radius 2 is 2.31 bits per heavy atom.